The molecule has 3 N–H and O–H groups in total. The van der Waals surface area contributed by atoms with Gasteiger partial charge in [-0.05, 0) is 0 Å². The molecule has 0 aliphatic carbocycles. The van der Waals surface area contributed by atoms with Gasteiger partial charge in [-0.15, -0.1) is 0 Å². The van der Waals surface area contributed by atoms with E-state index in [1.165, 1.54) is 0 Å². The van der Waals surface area contributed by atoms with E-state index in [9.17, 15) is 8.42 Å². The van der Waals surface area contributed by atoms with Crippen LogP contribution in [0.1, 0.15) is 6.42 Å². The molecule has 0 rings (SSSR count). The first-order valence-electron chi connectivity index (χ1n) is 3.21. The van der Waals surface area contributed by atoms with Crippen molar-refractivity contribution >= 4 is 69.5 Å². The van der Waals surface area contributed by atoms with Crippen LogP contribution < -0.4 is 0 Å². The minimum absolute atomic E-state index is 0.0608. The molecule has 0 fully saturated rings. The van der Waals surface area contributed by atoms with E-state index in [-0.39, 0.29) is 5.75 Å². The average Bonchev–Trinajstić information content (AvgIpc) is 1.77. The van der Waals surface area contributed by atoms with Gasteiger partial charge in [0, 0.05) is 0 Å². The van der Waals surface area contributed by atoms with Crippen molar-refractivity contribution in [3.63, 3.8) is 0 Å². The van der Waals surface area contributed by atoms with E-state index in [1.54, 1.807) is 0 Å². The fraction of sp³-hybridized carbons (Fsp3) is 1.00. The van der Waals surface area contributed by atoms with Crippen LogP contribution in [0.15, 0.2) is 0 Å². The molecule has 0 unspecified atom stereocenters. The summed E-state index contributed by atoms with van der Waals surface area (Å²) in [5, 5.41) is 0. The van der Waals surface area contributed by atoms with E-state index >= 15 is 0 Å². The molecule has 0 aromatic heterocycles. The molecule has 13 heavy (non-hydrogen) atoms. The largest absolute Gasteiger partial charge is 0.394 e. The van der Waals surface area contributed by atoms with Gasteiger partial charge in [-0.3, -0.25) is 9.11 Å². The van der Waals surface area contributed by atoms with Gasteiger partial charge < -0.3 is 0 Å². The van der Waals surface area contributed by atoms with Crippen LogP contribution in [-0.2, 0) is 20.5 Å². The van der Waals surface area contributed by atoms with Crippen LogP contribution in [0.4, 0.5) is 0 Å². The molecule has 0 aliphatic heterocycles. The smallest absolute Gasteiger partial charge is 0.264 e. The first kappa shape index (κ1) is 16.8. The Hall–Kier alpha value is 1.42. The summed E-state index contributed by atoms with van der Waals surface area (Å²) in [6.07, 6.45) is 0.624. The van der Waals surface area contributed by atoms with Crippen molar-refractivity contribution < 1.29 is 30.5 Å². The van der Waals surface area contributed by atoms with Crippen molar-refractivity contribution in [2.45, 2.75) is 6.94 Å². The van der Waals surface area contributed by atoms with Crippen LogP contribution >= 0.6 is 0 Å². The van der Waals surface area contributed by atoms with Crippen molar-refractivity contribution in [3.8, 4) is 0 Å². The molecule has 0 saturated carbocycles. The second kappa shape index (κ2) is 7.67. The summed E-state index contributed by atoms with van der Waals surface area (Å²) in [5.41, 5.74) is 0. The fourth-order valence-corrected chi connectivity index (χ4v) is 2.33. The van der Waals surface area contributed by atoms with Crippen molar-refractivity contribution in [1.29, 1.82) is 0 Å². The summed E-state index contributed by atoms with van der Waals surface area (Å²) in [4.78, 5) is 0. The van der Waals surface area contributed by atoms with Crippen molar-refractivity contribution in [3.05, 3.63) is 0 Å². The Labute approximate surface area is 111 Å². The van der Waals surface area contributed by atoms with Crippen LogP contribution in [0, 0.1) is 0 Å². The standard InChI is InChI=1S/C3H7O3S.K.H2O4S/c1-2-3-7(4,5)6;;1-5(2,3)4/h1-3H2,(H,4,5,6);;(H2,1,2,3,4). The van der Waals surface area contributed by atoms with E-state index in [4.69, 9.17) is 22.1 Å². The Morgan fingerprint density at radius 1 is 1.00 bits per heavy atom. The summed E-state index contributed by atoms with van der Waals surface area (Å²) in [7, 11) is -8.32. The zero-order valence-electron chi connectivity index (χ0n) is 6.91. The van der Waals surface area contributed by atoms with Gasteiger partial charge in [-0.2, -0.15) is 8.42 Å². The minimum atomic E-state index is -4.67. The molecule has 0 heterocycles. The number of rotatable bonds is 3. The summed E-state index contributed by atoms with van der Waals surface area (Å²) in [6.45, 7) is 0. The van der Waals surface area contributed by atoms with Gasteiger partial charge >= 0.3 is 95.1 Å². The SMILES string of the molecule is O=S(=O)(O)CC[CH2][K].O=S(=O)(O)O. The second-order valence-electron chi connectivity index (χ2n) is 2.09. The first-order valence-corrected chi connectivity index (χ1v) is 8.42. The predicted octanol–water partition coefficient (Wildman–Crippen LogP) is -0.802. The van der Waals surface area contributed by atoms with Gasteiger partial charge in [-0.25, -0.2) is 0 Å². The Kier molecular flexibility index (Phi) is 9.94. The molecular formula is C3H9KO7S2. The van der Waals surface area contributed by atoms with Gasteiger partial charge in [0.15, 0.2) is 0 Å². The number of hydrogen-bond donors (Lipinski definition) is 3. The molecule has 7 nitrogen and oxygen atoms in total. The molecule has 0 spiro atoms. The first-order chi connectivity index (χ1) is 5.56. The van der Waals surface area contributed by atoms with Crippen molar-refractivity contribution in [1.82, 2.24) is 0 Å². The second-order valence-corrected chi connectivity index (χ2v) is 6.12. The van der Waals surface area contributed by atoms with Gasteiger partial charge in [0.1, 0.15) is 0 Å². The normalized spacial score (nSPS) is 11.8. The van der Waals surface area contributed by atoms with E-state index < -0.39 is 20.5 Å². The Morgan fingerprint density at radius 3 is 1.38 bits per heavy atom. The Balaban J connectivity index is 0. The number of hydrogen-bond acceptors (Lipinski definition) is 4. The van der Waals surface area contributed by atoms with E-state index in [0.717, 1.165) is 0.515 Å². The maximum atomic E-state index is 9.97. The van der Waals surface area contributed by atoms with Crippen LogP contribution in [0.2, 0.25) is 0.515 Å². The molecule has 0 aromatic rings. The molecule has 0 bridgehead atoms. The molecule has 0 aromatic carbocycles. The molecule has 0 saturated heterocycles. The third-order valence-electron chi connectivity index (χ3n) is 0.756. The van der Waals surface area contributed by atoms with Crippen molar-refractivity contribution in [2.24, 2.45) is 0 Å². The topological polar surface area (TPSA) is 129 Å². The molecule has 0 aliphatic rings. The third kappa shape index (κ3) is 42.5. The van der Waals surface area contributed by atoms with E-state index in [1.807, 2.05) is 0 Å². The zero-order chi connectivity index (χ0) is 11.1. The van der Waals surface area contributed by atoms with Crippen LogP contribution in [0.3, 0.4) is 0 Å². The molecule has 76 valence electrons. The Bertz CT molecular complexity index is 295. The van der Waals surface area contributed by atoms with E-state index in [0.29, 0.717) is 55.4 Å². The third-order valence-corrected chi connectivity index (χ3v) is 2.66. The zero-order valence-corrected chi connectivity index (χ0v) is 11.7. The van der Waals surface area contributed by atoms with E-state index in [2.05, 4.69) is 0 Å². The summed E-state index contributed by atoms with van der Waals surface area (Å²) >= 11 is 0.706. The van der Waals surface area contributed by atoms with Gasteiger partial charge in [0.2, 0.25) is 0 Å². The monoisotopic (exact) mass is 260 g/mol. The van der Waals surface area contributed by atoms with Crippen molar-refractivity contribution in [2.75, 3.05) is 5.75 Å². The quantitative estimate of drug-likeness (QED) is 0.447. The summed E-state index contributed by atoms with van der Waals surface area (Å²) < 4.78 is 60.6. The molecule has 0 radical (unpaired) electrons. The summed E-state index contributed by atoms with van der Waals surface area (Å²) in [6, 6.07) is 0. The summed E-state index contributed by atoms with van der Waals surface area (Å²) in [5.74, 6) is -0.0608. The Morgan fingerprint density at radius 2 is 1.31 bits per heavy atom. The van der Waals surface area contributed by atoms with Crippen LogP contribution in [-0.4, -0.2) is 85.2 Å². The fourth-order valence-electron chi connectivity index (χ4n) is 0.327. The van der Waals surface area contributed by atoms with Crippen LogP contribution in [0.5, 0.6) is 0 Å². The minimum Gasteiger partial charge on any atom is -0.264 e. The average molecular weight is 260 g/mol. The molecular weight excluding hydrogens is 251 g/mol. The molecule has 0 atom stereocenters. The van der Waals surface area contributed by atoms with Crippen LogP contribution in [0.25, 0.3) is 0 Å². The maximum Gasteiger partial charge on any atom is 0.394 e. The predicted molar refractivity (Wildman–Crippen MR) is 45.8 cm³/mol. The molecule has 0 amide bonds. The molecule has 10 heteroatoms. The van der Waals surface area contributed by atoms with Gasteiger partial charge in [-0.1, -0.05) is 0 Å². The maximum absolute atomic E-state index is 9.97. The van der Waals surface area contributed by atoms with Gasteiger partial charge in [0.05, 0.1) is 0 Å². The van der Waals surface area contributed by atoms with Gasteiger partial charge in [0.25, 0.3) is 0 Å².